The Morgan fingerprint density at radius 3 is 2.94 bits per heavy atom. The van der Waals surface area contributed by atoms with Crippen LogP contribution >= 0.6 is 11.8 Å². The van der Waals surface area contributed by atoms with Crippen molar-refractivity contribution in [1.82, 2.24) is 5.32 Å². The van der Waals surface area contributed by atoms with Gasteiger partial charge in [0.15, 0.2) is 0 Å². The summed E-state index contributed by atoms with van der Waals surface area (Å²) in [4.78, 5) is 11.4. The van der Waals surface area contributed by atoms with Crippen molar-refractivity contribution in [3.05, 3.63) is 23.2 Å². The molecule has 0 aromatic carbocycles. The lowest BCUT2D eigenvalue weighted by Gasteiger charge is -2.01. The number of nitrogens with one attached hydrogen (secondary N) is 1. The first-order chi connectivity index (χ1) is 8.69. The van der Waals surface area contributed by atoms with Gasteiger partial charge in [-0.1, -0.05) is 0 Å². The summed E-state index contributed by atoms with van der Waals surface area (Å²) >= 11 is 1.87. The van der Waals surface area contributed by atoms with Crippen LogP contribution in [0.25, 0.3) is 0 Å². The van der Waals surface area contributed by atoms with Gasteiger partial charge in [-0.05, 0) is 44.4 Å². The zero-order chi connectivity index (χ0) is 13.4. The van der Waals surface area contributed by atoms with Crippen LogP contribution in [0, 0.1) is 6.92 Å². The lowest BCUT2D eigenvalue weighted by Crippen LogP contribution is -2.14. The van der Waals surface area contributed by atoms with Crippen LogP contribution < -0.4 is 5.32 Å². The van der Waals surface area contributed by atoms with Crippen molar-refractivity contribution >= 4 is 17.7 Å². The Morgan fingerprint density at radius 1 is 1.50 bits per heavy atom. The number of esters is 1. The molecule has 5 heteroatoms. The molecule has 0 radical (unpaired) electrons. The second-order valence-corrected chi connectivity index (χ2v) is 5.04. The number of hydrogen-bond donors (Lipinski definition) is 1. The molecule has 1 aromatic rings. The fourth-order valence-electron chi connectivity index (χ4n) is 1.65. The fourth-order valence-corrected chi connectivity index (χ4v) is 2.14. The molecule has 0 aliphatic heterocycles. The minimum absolute atomic E-state index is 0.345. The maximum Gasteiger partial charge on any atom is 0.341 e. The van der Waals surface area contributed by atoms with E-state index in [9.17, 15) is 4.79 Å². The molecule has 0 amide bonds. The van der Waals surface area contributed by atoms with Gasteiger partial charge in [-0.25, -0.2) is 4.79 Å². The van der Waals surface area contributed by atoms with Crippen LogP contribution in [0.1, 0.15) is 34.7 Å². The Bertz CT molecular complexity index is 376. The third-order valence-electron chi connectivity index (χ3n) is 2.63. The van der Waals surface area contributed by atoms with Crippen molar-refractivity contribution in [1.29, 1.82) is 0 Å². The highest BCUT2D eigenvalue weighted by molar-refractivity contribution is 7.98. The van der Waals surface area contributed by atoms with Crippen LogP contribution in [0.5, 0.6) is 0 Å². The summed E-state index contributed by atoms with van der Waals surface area (Å²) in [5, 5.41) is 3.30. The van der Waals surface area contributed by atoms with Gasteiger partial charge in [0.05, 0.1) is 13.7 Å². The van der Waals surface area contributed by atoms with E-state index >= 15 is 0 Å². The quantitative estimate of drug-likeness (QED) is 0.582. The van der Waals surface area contributed by atoms with Gasteiger partial charge in [-0.3, -0.25) is 0 Å². The molecule has 0 saturated carbocycles. The maximum absolute atomic E-state index is 11.4. The van der Waals surface area contributed by atoms with Gasteiger partial charge in [0.2, 0.25) is 0 Å². The number of unbranched alkanes of at least 4 members (excludes halogenated alkanes) is 1. The lowest BCUT2D eigenvalue weighted by atomic mass is 10.2. The fraction of sp³-hybridized carbons (Fsp3) is 0.615. The molecule has 0 fully saturated rings. The second kappa shape index (κ2) is 8.21. The molecular weight excluding hydrogens is 250 g/mol. The van der Waals surface area contributed by atoms with E-state index in [1.165, 1.54) is 19.3 Å². The molecule has 0 aliphatic rings. The van der Waals surface area contributed by atoms with Gasteiger partial charge in [0.25, 0.3) is 0 Å². The minimum atomic E-state index is -0.345. The summed E-state index contributed by atoms with van der Waals surface area (Å²) in [6.07, 6.45) is 4.50. The van der Waals surface area contributed by atoms with Crippen LogP contribution in [0.3, 0.4) is 0 Å². The first-order valence-electron chi connectivity index (χ1n) is 6.06. The summed E-state index contributed by atoms with van der Waals surface area (Å²) in [6.45, 7) is 3.39. The van der Waals surface area contributed by atoms with E-state index < -0.39 is 0 Å². The van der Waals surface area contributed by atoms with E-state index in [0.717, 1.165) is 18.7 Å². The highest BCUT2D eigenvalue weighted by Gasteiger charge is 2.14. The number of rotatable bonds is 8. The molecule has 0 unspecified atom stereocenters. The Hall–Kier alpha value is -0.940. The van der Waals surface area contributed by atoms with Crippen molar-refractivity contribution < 1.29 is 13.9 Å². The highest BCUT2D eigenvalue weighted by atomic mass is 32.2. The van der Waals surface area contributed by atoms with E-state index in [1.807, 2.05) is 11.8 Å². The van der Waals surface area contributed by atoms with Gasteiger partial charge in [-0.2, -0.15) is 11.8 Å². The summed E-state index contributed by atoms with van der Waals surface area (Å²) in [5.41, 5.74) is 0.511. The predicted octanol–water partition coefficient (Wildman–Crippen LogP) is 2.61. The molecule has 18 heavy (non-hydrogen) atoms. The maximum atomic E-state index is 11.4. The Morgan fingerprint density at radius 2 is 2.28 bits per heavy atom. The van der Waals surface area contributed by atoms with E-state index in [1.54, 1.807) is 13.0 Å². The predicted molar refractivity (Wildman–Crippen MR) is 74.1 cm³/mol. The van der Waals surface area contributed by atoms with Crippen molar-refractivity contribution in [2.45, 2.75) is 26.3 Å². The SMILES string of the molecule is COC(=O)c1cc(CNCCCCSC)oc1C. The summed E-state index contributed by atoms with van der Waals surface area (Å²) in [6, 6.07) is 1.75. The number of hydrogen-bond acceptors (Lipinski definition) is 5. The normalized spacial score (nSPS) is 10.6. The van der Waals surface area contributed by atoms with E-state index in [4.69, 9.17) is 4.42 Å². The number of furan rings is 1. The number of ether oxygens (including phenoxy) is 1. The molecule has 0 aliphatic carbocycles. The molecule has 1 N–H and O–H groups in total. The molecule has 102 valence electrons. The number of aryl methyl sites for hydroxylation is 1. The Labute approximate surface area is 112 Å². The average molecular weight is 271 g/mol. The van der Waals surface area contributed by atoms with Crippen molar-refractivity contribution in [3.8, 4) is 0 Å². The van der Waals surface area contributed by atoms with E-state index in [0.29, 0.717) is 17.9 Å². The molecular formula is C13H21NO3S. The van der Waals surface area contributed by atoms with Gasteiger partial charge in [-0.15, -0.1) is 0 Å². The standard InChI is InChI=1S/C13H21NO3S/c1-10-12(13(15)16-2)8-11(17-10)9-14-6-4-5-7-18-3/h8,14H,4-7,9H2,1-3H3. The molecule has 1 heterocycles. The zero-order valence-electron chi connectivity index (χ0n) is 11.2. The molecule has 0 bridgehead atoms. The average Bonchev–Trinajstić information content (AvgIpc) is 2.74. The molecule has 0 saturated heterocycles. The van der Waals surface area contributed by atoms with Crippen LogP contribution in [0.2, 0.25) is 0 Å². The topological polar surface area (TPSA) is 51.5 Å². The largest absolute Gasteiger partial charge is 0.465 e. The highest BCUT2D eigenvalue weighted by Crippen LogP contribution is 2.15. The van der Waals surface area contributed by atoms with Crippen LogP contribution in [-0.2, 0) is 11.3 Å². The summed E-state index contributed by atoms with van der Waals surface area (Å²) in [7, 11) is 1.37. The van der Waals surface area contributed by atoms with Crippen molar-refractivity contribution in [2.24, 2.45) is 0 Å². The third kappa shape index (κ3) is 4.74. The smallest absolute Gasteiger partial charge is 0.341 e. The first kappa shape index (κ1) is 15.1. The van der Waals surface area contributed by atoms with Gasteiger partial charge in [0.1, 0.15) is 17.1 Å². The summed E-state index contributed by atoms with van der Waals surface area (Å²) in [5.74, 6) is 2.25. The number of carbonyl (C=O) groups excluding carboxylic acids is 1. The molecule has 1 aromatic heterocycles. The molecule has 0 atom stereocenters. The van der Waals surface area contributed by atoms with Crippen LogP contribution in [-0.4, -0.2) is 31.6 Å². The van der Waals surface area contributed by atoms with Gasteiger partial charge < -0.3 is 14.5 Å². The van der Waals surface area contributed by atoms with Crippen LogP contribution in [0.4, 0.5) is 0 Å². The third-order valence-corrected chi connectivity index (χ3v) is 3.32. The number of carbonyl (C=O) groups is 1. The minimum Gasteiger partial charge on any atom is -0.465 e. The monoisotopic (exact) mass is 271 g/mol. The Balaban J connectivity index is 2.33. The van der Waals surface area contributed by atoms with E-state index in [2.05, 4.69) is 16.3 Å². The Kier molecular flexibility index (Phi) is 6.90. The van der Waals surface area contributed by atoms with Crippen molar-refractivity contribution in [2.75, 3.05) is 25.7 Å². The van der Waals surface area contributed by atoms with Crippen molar-refractivity contribution in [3.63, 3.8) is 0 Å². The van der Waals surface area contributed by atoms with E-state index in [-0.39, 0.29) is 5.97 Å². The molecule has 4 nitrogen and oxygen atoms in total. The first-order valence-corrected chi connectivity index (χ1v) is 7.45. The number of methoxy groups -OCH3 is 1. The van der Waals surface area contributed by atoms with Crippen LogP contribution in [0.15, 0.2) is 10.5 Å². The summed E-state index contributed by atoms with van der Waals surface area (Å²) < 4.78 is 10.2. The molecule has 0 spiro atoms. The zero-order valence-corrected chi connectivity index (χ0v) is 12.1. The van der Waals surface area contributed by atoms with Gasteiger partial charge >= 0.3 is 5.97 Å². The van der Waals surface area contributed by atoms with Gasteiger partial charge in [0, 0.05) is 0 Å². The number of thioether (sulfide) groups is 1. The molecule has 1 rings (SSSR count). The second-order valence-electron chi connectivity index (χ2n) is 4.05. The lowest BCUT2D eigenvalue weighted by molar-refractivity contribution is 0.0599.